The molecular weight excluding hydrogens is 251 g/mol. The van der Waals surface area contributed by atoms with Gasteiger partial charge in [0.25, 0.3) is 0 Å². The summed E-state index contributed by atoms with van der Waals surface area (Å²) >= 11 is 0. The van der Waals surface area contributed by atoms with E-state index in [0.717, 1.165) is 25.0 Å². The van der Waals surface area contributed by atoms with Crippen molar-refractivity contribution in [3.63, 3.8) is 0 Å². The van der Waals surface area contributed by atoms with Crippen molar-refractivity contribution in [2.45, 2.75) is 25.6 Å². The standard InChI is InChI=1S/C13H19O4P/c1-14-18(17-11-13-8-5-9-15-13)16-10-12-6-3-2-4-7-12/h2-4,6-7,13H,5,8-11H2,1H3. The smallest absolute Gasteiger partial charge is 0.332 e. The second-order valence-electron chi connectivity index (χ2n) is 4.10. The maximum atomic E-state index is 5.60. The molecule has 1 aromatic carbocycles. The first-order valence-corrected chi connectivity index (χ1v) is 7.23. The Labute approximate surface area is 109 Å². The average molecular weight is 270 g/mol. The van der Waals surface area contributed by atoms with E-state index in [1.165, 1.54) is 0 Å². The Kier molecular flexibility index (Phi) is 6.05. The molecule has 5 heteroatoms. The van der Waals surface area contributed by atoms with Crippen molar-refractivity contribution in [1.82, 2.24) is 0 Å². The summed E-state index contributed by atoms with van der Waals surface area (Å²) in [5.74, 6) is 0. The molecule has 1 heterocycles. The molecule has 2 unspecified atom stereocenters. The van der Waals surface area contributed by atoms with Crippen LogP contribution in [0.15, 0.2) is 30.3 Å². The molecule has 0 aromatic heterocycles. The van der Waals surface area contributed by atoms with Gasteiger partial charge in [-0.05, 0) is 18.4 Å². The summed E-state index contributed by atoms with van der Waals surface area (Å²) in [4.78, 5) is 0. The Morgan fingerprint density at radius 1 is 1.28 bits per heavy atom. The van der Waals surface area contributed by atoms with Gasteiger partial charge in [-0.15, -0.1) is 0 Å². The summed E-state index contributed by atoms with van der Waals surface area (Å²) in [6, 6.07) is 9.99. The van der Waals surface area contributed by atoms with E-state index in [9.17, 15) is 0 Å². The summed E-state index contributed by atoms with van der Waals surface area (Å²) in [6.45, 7) is 1.89. The van der Waals surface area contributed by atoms with Gasteiger partial charge in [-0.1, -0.05) is 30.3 Å². The lowest BCUT2D eigenvalue weighted by molar-refractivity contribution is 0.0557. The number of hydrogen-bond donors (Lipinski definition) is 0. The summed E-state index contributed by atoms with van der Waals surface area (Å²) in [5.41, 5.74) is 1.11. The maximum Gasteiger partial charge on any atom is 0.332 e. The van der Waals surface area contributed by atoms with Crippen molar-refractivity contribution in [2.24, 2.45) is 0 Å². The second-order valence-corrected chi connectivity index (χ2v) is 5.42. The van der Waals surface area contributed by atoms with E-state index in [-0.39, 0.29) is 6.10 Å². The summed E-state index contributed by atoms with van der Waals surface area (Å²) in [6.07, 6.45) is 2.38. The van der Waals surface area contributed by atoms with Gasteiger partial charge in [-0.25, -0.2) is 0 Å². The molecule has 100 valence electrons. The minimum absolute atomic E-state index is 0.200. The van der Waals surface area contributed by atoms with Crippen molar-refractivity contribution < 1.29 is 18.3 Å². The molecule has 1 saturated heterocycles. The molecule has 0 aliphatic carbocycles. The lowest BCUT2D eigenvalue weighted by Gasteiger charge is -2.16. The van der Waals surface area contributed by atoms with Crippen LogP contribution < -0.4 is 0 Å². The first-order chi connectivity index (χ1) is 8.88. The second kappa shape index (κ2) is 7.82. The zero-order chi connectivity index (χ0) is 12.6. The molecule has 0 radical (unpaired) electrons. The van der Waals surface area contributed by atoms with Gasteiger partial charge in [0, 0.05) is 13.7 Å². The van der Waals surface area contributed by atoms with E-state index in [1.54, 1.807) is 7.11 Å². The summed E-state index contributed by atoms with van der Waals surface area (Å²) < 4.78 is 21.9. The molecule has 0 spiro atoms. The van der Waals surface area contributed by atoms with Crippen LogP contribution in [-0.4, -0.2) is 26.4 Å². The SMILES string of the molecule is COP(OCc1ccccc1)OCC1CCCO1. The Bertz CT molecular complexity index is 327. The first-order valence-electron chi connectivity index (χ1n) is 6.14. The lowest BCUT2D eigenvalue weighted by atomic mass is 10.2. The predicted octanol–water partition coefficient (Wildman–Crippen LogP) is 3.27. The number of benzene rings is 1. The van der Waals surface area contributed by atoms with E-state index in [1.807, 2.05) is 30.3 Å². The number of hydrogen-bond acceptors (Lipinski definition) is 4. The Morgan fingerprint density at radius 2 is 2.11 bits per heavy atom. The van der Waals surface area contributed by atoms with Gasteiger partial charge in [0.15, 0.2) is 0 Å². The topological polar surface area (TPSA) is 36.9 Å². The van der Waals surface area contributed by atoms with Crippen LogP contribution in [0.1, 0.15) is 18.4 Å². The molecule has 0 amide bonds. The summed E-state index contributed by atoms with van der Waals surface area (Å²) in [7, 11) is 0.325. The zero-order valence-electron chi connectivity index (χ0n) is 10.6. The Hall–Kier alpha value is -0.510. The van der Waals surface area contributed by atoms with Gasteiger partial charge >= 0.3 is 8.60 Å². The van der Waals surface area contributed by atoms with Crippen LogP contribution in [0, 0.1) is 0 Å². The van der Waals surface area contributed by atoms with Gasteiger partial charge in [-0.2, -0.15) is 0 Å². The van der Waals surface area contributed by atoms with Crippen LogP contribution in [0.25, 0.3) is 0 Å². The minimum atomic E-state index is -1.28. The fraction of sp³-hybridized carbons (Fsp3) is 0.538. The van der Waals surface area contributed by atoms with Crippen molar-refractivity contribution in [3.8, 4) is 0 Å². The van der Waals surface area contributed by atoms with Gasteiger partial charge < -0.3 is 18.3 Å². The third kappa shape index (κ3) is 4.63. The Morgan fingerprint density at radius 3 is 2.78 bits per heavy atom. The monoisotopic (exact) mass is 270 g/mol. The molecule has 1 aliphatic heterocycles. The quantitative estimate of drug-likeness (QED) is 0.712. The lowest BCUT2D eigenvalue weighted by Crippen LogP contribution is -2.12. The van der Waals surface area contributed by atoms with E-state index in [4.69, 9.17) is 18.3 Å². The van der Waals surface area contributed by atoms with Gasteiger partial charge in [0.2, 0.25) is 0 Å². The van der Waals surface area contributed by atoms with E-state index >= 15 is 0 Å². The molecule has 0 bridgehead atoms. The molecule has 0 N–H and O–H groups in total. The van der Waals surface area contributed by atoms with Crippen LogP contribution >= 0.6 is 8.60 Å². The van der Waals surface area contributed by atoms with E-state index < -0.39 is 8.60 Å². The normalized spacial score (nSPS) is 21.1. The maximum absolute atomic E-state index is 5.60. The van der Waals surface area contributed by atoms with Crippen LogP contribution in [-0.2, 0) is 24.9 Å². The minimum Gasteiger partial charge on any atom is -0.376 e. The molecule has 2 atom stereocenters. The van der Waals surface area contributed by atoms with Crippen LogP contribution in [0.2, 0.25) is 0 Å². The highest BCUT2D eigenvalue weighted by molar-refractivity contribution is 7.41. The van der Waals surface area contributed by atoms with Gasteiger partial charge in [0.05, 0.1) is 19.3 Å². The molecule has 2 rings (SSSR count). The average Bonchev–Trinajstić information content (AvgIpc) is 2.93. The van der Waals surface area contributed by atoms with Crippen molar-refractivity contribution in [3.05, 3.63) is 35.9 Å². The first kappa shape index (κ1) is 13.9. The van der Waals surface area contributed by atoms with Gasteiger partial charge in [-0.3, -0.25) is 0 Å². The van der Waals surface area contributed by atoms with E-state index in [0.29, 0.717) is 13.2 Å². The van der Waals surface area contributed by atoms with Crippen LogP contribution in [0.3, 0.4) is 0 Å². The summed E-state index contributed by atoms with van der Waals surface area (Å²) in [5, 5.41) is 0. The third-order valence-electron chi connectivity index (χ3n) is 2.72. The van der Waals surface area contributed by atoms with E-state index in [2.05, 4.69) is 0 Å². The van der Waals surface area contributed by atoms with Crippen molar-refractivity contribution in [2.75, 3.05) is 20.3 Å². The molecule has 1 fully saturated rings. The van der Waals surface area contributed by atoms with Gasteiger partial charge in [0.1, 0.15) is 0 Å². The largest absolute Gasteiger partial charge is 0.376 e. The molecule has 1 aliphatic rings. The molecular formula is C13H19O4P. The highest BCUT2D eigenvalue weighted by Gasteiger charge is 2.19. The van der Waals surface area contributed by atoms with Crippen LogP contribution in [0.5, 0.6) is 0 Å². The Balaban J connectivity index is 1.68. The molecule has 18 heavy (non-hydrogen) atoms. The molecule has 0 saturated carbocycles. The number of rotatable bonds is 7. The predicted molar refractivity (Wildman–Crippen MR) is 70.1 cm³/mol. The van der Waals surface area contributed by atoms with Crippen LogP contribution in [0.4, 0.5) is 0 Å². The highest BCUT2D eigenvalue weighted by Crippen LogP contribution is 2.40. The van der Waals surface area contributed by atoms with Crippen molar-refractivity contribution in [1.29, 1.82) is 0 Å². The zero-order valence-corrected chi connectivity index (χ0v) is 11.5. The molecule has 1 aromatic rings. The fourth-order valence-corrected chi connectivity index (χ4v) is 2.59. The molecule has 4 nitrogen and oxygen atoms in total. The fourth-order valence-electron chi connectivity index (χ4n) is 1.76. The number of ether oxygens (including phenoxy) is 1. The third-order valence-corrected chi connectivity index (χ3v) is 3.72. The highest BCUT2D eigenvalue weighted by atomic mass is 31.2. The van der Waals surface area contributed by atoms with Crippen molar-refractivity contribution >= 4 is 8.60 Å².